The first-order chi connectivity index (χ1) is 8.26. The molecule has 1 unspecified atom stereocenters. The van der Waals surface area contributed by atoms with Gasteiger partial charge in [0.05, 0.1) is 30.5 Å². The first-order valence-electron chi connectivity index (χ1n) is 5.80. The number of nitriles is 1. The van der Waals surface area contributed by atoms with Crippen LogP contribution in [0.2, 0.25) is 5.02 Å². The van der Waals surface area contributed by atoms with E-state index in [0.717, 1.165) is 18.7 Å². The van der Waals surface area contributed by atoms with Gasteiger partial charge < -0.3 is 9.64 Å². The van der Waals surface area contributed by atoms with E-state index in [1.165, 1.54) is 0 Å². The van der Waals surface area contributed by atoms with E-state index >= 15 is 0 Å². The Morgan fingerprint density at radius 2 is 2.41 bits per heavy atom. The second kappa shape index (κ2) is 5.39. The minimum Gasteiger partial charge on any atom is -0.377 e. The standard InChI is InChI=1S/C13H15ClN2O/c1-2-12-9-17-6-5-16(12)13-7-11(14)4-3-10(13)8-15/h3-4,7,12H,2,5-6,9H2,1H3. The van der Waals surface area contributed by atoms with Gasteiger partial charge in [-0.15, -0.1) is 0 Å². The van der Waals surface area contributed by atoms with Crippen LogP contribution in [0.15, 0.2) is 18.2 Å². The SMILES string of the molecule is CCC1COCCN1c1cc(Cl)ccc1C#N. The molecule has 1 atom stereocenters. The number of benzene rings is 1. The van der Waals surface area contributed by atoms with Crippen LogP contribution in [0.4, 0.5) is 5.69 Å². The van der Waals surface area contributed by atoms with E-state index in [0.29, 0.717) is 29.8 Å². The number of anilines is 1. The Hall–Kier alpha value is -1.24. The smallest absolute Gasteiger partial charge is 0.101 e. The maximum atomic E-state index is 9.15. The molecular formula is C13H15ClN2O. The summed E-state index contributed by atoms with van der Waals surface area (Å²) in [6.45, 7) is 4.36. The molecule has 4 heteroatoms. The van der Waals surface area contributed by atoms with Crippen molar-refractivity contribution in [1.82, 2.24) is 0 Å². The molecule has 0 amide bonds. The molecule has 1 aromatic rings. The first-order valence-corrected chi connectivity index (χ1v) is 6.18. The molecule has 1 aliphatic heterocycles. The summed E-state index contributed by atoms with van der Waals surface area (Å²) in [6, 6.07) is 7.95. The van der Waals surface area contributed by atoms with E-state index in [9.17, 15) is 0 Å². The van der Waals surface area contributed by atoms with Gasteiger partial charge in [-0.3, -0.25) is 0 Å². The molecule has 0 saturated carbocycles. The maximum absolute atomic E-state index is 9.15. The number of hydrogen-bond acceptors (Lipinski definition) is 3. The van der Waals surface area contributed by atoms with Crippen molar-refractivity contribution < 1.29 is 4.74 Å². The molecule has 2 rings (SSSR count). The molecular weight excluding hydrogens is 236 g/mol. The van der Waals surface area contributed by atoms with Gasteiger partial charge in [0.15, 0.2) is 0 Å². The van der Waals surface area contributed by atoms with Gasteiger partial charge in [-0.2, -0.15) is 5.26 Å². The van der Waals surface area contributed by atoms with E-state index in [1.807, 2.05) is 6.07 Å². The molecule has 0 N–H and O–H groups in total. The lowest BCUT2D eigenvalue weighted by Gasteiger charge is -2.37. The zero-order valence-electron chi connectivity index (χ0n) is 9.82. The zero-order chi connectivity index (χ0) is 12.3. The number of hydrogen-bond donors (Lipinski definition) is 0. The highest BCUT2D eigenvalue weighted by Gasteiger charge is 2.23. The molecule has 3 nitrogen and oxygen atoms in total. The summed E-state index contributed by atoms with van der Waals surface area (Å²) in [6.07, 6.45) is 0.997. The third kappa shape index (κ3) is 2.54. The summed E-state index contributed by atoms with van der Waals surface area (Å²) in [7, 11) is 0. The van der Waals surface area contributed by atoms with Crippen LogP contribution in [0, 0.1) is 11.3 Å². The predicted octanol–water partition coefficient (Wildman–Crippen LogP) is 2.83. The summed E-state index contributed by atoms with van der Waals surface area (Å²) in [5.41, 5.74) is 1.60. The highest BCUT2D eigenvalue weighted by molar-refractivity contribution is 6.30. The third-order valence-corrected chi connectivity index (χ3v) is 3.32. The number of morpholine rings is 1. The Bertz CT molecular complexity index is 442. The van der Waals surface area contributed by atoms with E-state index in [2.05, 4.69) is 17.9 Å². The van der Waals surface area contributed by atoms with Crippen molar-refractivity contribution >= 4 is 17.3 Å². The van der Waals surface area contributed by atoms with Gasteiger partial charge >= 0.3 is 0 Å². The summed E-state index contributed by atoms with van der Waals surface area (Å²) in [4.78, 5) is 2.23. The van der Waals surface area contributed by atoms with Crippen molar-refractivity contribution in [2.75, 3.05) is 24.7 Å². The summed E-state index contributed by atoms with van der Waals surface area (Å²) < 4.78 is 5.47. The number of nitrogens with zero attached hydrogens (tertiary/aromatic N) is 2. The summed E-state index contributed by atoms with van der Waals surface area (Å²) >= 11 is 6.02. The number of halogens is 1. The van der Waals surface area contributed by atoms with Gasteiger partial charge in [0.25, 0.3) is 0 Å². The molecule has 1 aromatic carbocycles. The van der Waals surface area contributed by atoms with Crippen LogP contribution in [0.3, 0.4) is 0 Å². The normalized spacial score (nSPS) is 20.1. The third-order valence-electron chi connectivity index (χ3n) is 3.09. The van der Waals surface area contributed by atoms with Crippen molar-refractivity contribution in [2.45, 2.75) is 19.4 Å². The number of ether oxygens (including phenoxy) is 1. The molecule has 0 spiro atoms. The second-order valence-corrected chi connectivity index (χ2v) is 4.54. The minimum atomic E-state index is 0.328. The molecule has 1 fully saturated rings. The molecule has 0 aromatic heterocycles. The molecule has 1 aliphatic rings. The van der Waals surface area contributed by atoms with Crippen molar-refractivity contribution in [3.63, 3.8) is 0 Å². The fourth-order valence-corrected chi connectivity index (χ4v) is 2.31. The van der Waals surface area contributed by atoms with E-state index in [4.69, 9.17) is 21.6 Å². The van der Waals surface area contributed by atoms with Crippen molar-refractivity contribution in [3.05, 3.63) is 28.8 Å². The van der Waals surface area contributed by atoms with Crippen LogP contribution < -0.4 is 4.90 Å². The lowest BCUT2D eigenvalue weighted by molar-refractivity contribution is 0.0930. The molecule has 90 valence electrons. The Morgan fingerprint density at radius 3 is 3.12 bits per heavy atom. The largest absolute Gasteiger partial charge is 0.377 e. The van der Waals surface area contributed by atoms with Gasteiger partial charge in [0.2, 0.25) is 0 Å². The lowest BCUT2D eigenvalue weighted by Crippen LogP contribution is -2.45. The summed E-state index contributed by atoms with van der Waals surface area (Å²) in [5, 5.41) is 9.81. The molecule has 17 heavy (non-hydrogen) atoms. The topological polar surface area (TPSA) is 36.3 Å². The predicted molar refractivity (Wildman–Crippen MR) is 68.4 cm³/mol. The Kier molecular flexibility index (Phi) is 3.88. The molecule has 0 radical (unpaired) electrons. The van der Waals surface area contributed by atoms with Gasteiger partial charge in [0.1, 0.15) is 6.07 Å². The maximum Gasteiger partial charge on any atom is 0.101 e. The van der Waals surface area contributed by atoms with Gasteiger partial charge in [-0.1, -0.05) is 18.5 Å². The molecule has 0 aliphatic carbocycles. The molecule has 0 bridgehead atoms. The first kappa shape index (κ1) is 12.2. The van der Waals surface area contributed by atoms with Gasteiger partial charge in [0, 0.05) is 11.6 Å². The fourth-order valence-electron chi connectivity index (χ4n) is 2.15. The van der Waals surface area contributed by atoms with Crippen LogP contribution in [-0.4, -0.2) is 25.8 Å². The molecule has 1 heterocycles. The Morgan fingerprint density at radius 1 is 1.59 bits per heavy atom. The highest BCUT2D eigenvalue weighted by atomic mass is 35.5. The average molecular weight is 251 g/mol. The monoisotopic (exact) mass is 250 g/mol. The van der Waals surface area contributed by atoms with E-state index < -0.39 is 0 Å². The van der Waals surface area contributed by atoms with Crippen molar-refractivity contribution in [2.24, 2.45) is 0 Å². The fraction of sp³-hybridized carbons (Fsp3) is 0.462. The highest BCUT2D eigenvalue weighted by Crippen LogP contribution is 2.28. The van der Waals surface area contributed by atoms with E-state index in [1.54, 1.807) is 12.1 Å². The van der Waals surface area contributed by atoms with Crippen LogP contribution in [0.5, 0.6) is 0 Å². The van der Waals surface area contributed by atoms with Crippen LogP contribution in [0.25, 0.3) is 0 Å². The Labute approximate surface area is 107 Å². The van der Waals surface area contributed by atoms with Crippen molar-refractivity contribution in [1.29, 1.82) is 5.26 Å². The zero-order valence-corrected chi connectivity index (χ0v) is 10.6. The van der Waals surface area contributed by atoms with Crippen LogP contribution in [-0.2, 0) is 4.74 Å². The minimum absolute atomic E-state index is 0.328. The lowest BCUT2D eigenvalue weighted by atomic mass is 10.1. The van der Waals surface area contributed by atoms with Crippen molar-refractivity contribution in [3.8, 4) is 6.07 Å². The Balaban J connectivity index is 2.37. The van der Waals surface area contributed by atoms with Gasteiger partial charge in [-0.25, -0.2) is 0 Å². The van der Waals surface area contributed by atoms with Crippen LogP contribution >= 0.6 is 11.6 Å². The van der Waals surface area contributed by atoms with Gasteiger partial charge in [-0.05, 0) is 24.6 Å². The van der Waals surface area contributed by atoms with Crippen LogP contribution in [0.1, 0.15) is 18.9 Å². The number of rotatable bonds is 2. The van der Waals surface area contributed by atoms with E-state index in [-0.39, 0.29) is 0 Å². The second-order valence-electron chi connectivity index (χ2n) is 4.10. The summed E-state index contributed by atoms with van der Waals surface area (Å²) in [5.74, 6) is 0. The average Bonchev–Trinajstić information content (AvgIpc) is 2.38. The quantitative estimate of drug-likeness (QED) is 0.810. The molecule has 1 saturated heterocycles.